The van der Waals surface area contributed by atoms with Crippen molar-refractivity contribution in [3.63, 3.8) is 0 Å². The normalized spacial score (nSPS) is 21.2. The molecule has 0 spiro atoms. The molecule has 0 heterocycles. The average Bonchev–Trinajstić information content (AvgIpc) is 3.22. The summed E-state index contributed by atoms with van der Waals surface area (Å²) >= 11 is 0. The minimum Gasteiger partial charge on any atom is -0.497 e. The molecule has 4 heteroatoms. The molecule has 1 aliphatic rings. The van der Waals surface area contributed by atoms with Crippen LogP contribution < -0.4 is 14.8 Å². The summed E-state index contributed by atoms with van der Waals surface area (Å²) in [6, 6.07) is 6.14. The monoisotopic (exact) mass is 265 g/mol. The summed E-state index contributed by atoms with van der Waals surface area (Å²) in [5.74, 6) is 3.08. The molecular weight excluding hydrogens is 242 g/mol. The van der Waals surface area contributed by atoms with Crippen molar-refractivity contribution in [2.75, 3.05) is 41.0 Å². The van der Waals surface area contributed by atoms with Gasteiger partial charge in [-0.25, -0.2) is 0 Å². The van der Waals surface area contributed by atoms with Gasteiger partial charge in [0.15, 0.2) is 0 Å². The number of methoxy groups -OCH3 is 3. The Balaban J connectivity index is 1.89. The second-order valence-electron chi connectivity index (χ2n) is 4.95. The van der Waals surface area contributed by atoms with E-state index < -0.39 is 0 Å². The maximum atomic E-state index is 5.31. The minimum absolute atomic E-state index is 0.624. The van der Waals surface area contributed by atoms with Gasteiger partial charge in [-0.2, -0.15) is 0 Å². The highest BCUT2D eigenvalue weighted by molar-refractivity contribution is 5.42. The van der Waals surface area contributed by atoms with E-state index in [0.29, 0.717) is 11.8 Å². The number of ether oxygens (including phenoxy) is 3. The third-order valence-electron chi connectivity index (χ3n) is 3.61. The van der Waals surface area contributed by atoms with Crippen molar-refractivity contribution in [2.45, 2.75) is 12.3 Å². The topological polar surface area (TPSA) is 39.7 Å². The molecule has 4 nitrogen and oxygen atoms in total. The Morgan fingerprint density at radius 3 is 2.37 bits per heavy atom. The summed E-state index contributed by atoms with van der Waals surface area (Å²) < 4.78 is 15.6. The largest absolute Gasteiger partial charge is 0.497 e. The summed E-state index contributed by atoms with van der Waals surface area (Å²) in [6.07, 6.45) is 1.23. The van der Waals surface area contributed by atoms with Crippen LogP contribution in [-0.4, -0.2) is 41.0 Å². The summed E-state index contributed by atoms with van der Waals surface area (Å²) in [5, 5.41) is 3.42. The molecule has 0 bridgehead atoms. The summed E-state index contributed by atoms with van der Waals surface area (Å²) in [6.45, 7) is 2.74. The zero-order chi connectivity index (χ0) is 13.7. The highest BCUT2D eigenvalue weighted by Gasteiger charge is 2.38. The first kappa shape index (κ1) is 14.2. The van der Waals surface area contributed by atoms with E-state index in [-0.39, 0.29) is 0 Å². The first-order chi connectivity index (χ1) is 9.28. The molecule has 0 aliphatic heterocycles. The van der Waals surface area contributed by atoms with Gasteiger partial charge in [0.1, 0.15) is 11.5 Å². The van der Waals surface area contributed by atoms with E-state index in [0.717, 1.165) is 31.2 Å². The average molecular weight is 265 g/mol. The molecule has 1 saturated carbocycles. The van der Waals surface area contributed by atoms with Crippen LogP contribution in [0.1, 0.15) is 17.9 Å². The van der Waals surface area contributed by atoms with Crippen LogP contribution in [0.5, 0.6) is 11.5 Å². The van der Waals surface area contributed by atoms with Gasteiger partial charge in [0.2, 0.25) is 0 Å². The molecule has 2 atom stereocenters. The lowest BCUT2D eigenvalue weighted by molar-refractivity contribution is 0.199. The van der Waals surface area contributed by atoms with E-state index in [1.54, 1.807) is 21.3 Å². The maximum Gasteiger partial charge on any atom is 0.122 e. The van der Waals surface area contributed by atoms with Crippen molar-refractivity contribution in [1.82, 2.24) is 5.32 Å². The van der Waals surface area contributed by atoms with E-state index in [1.807, 2.05) is 6.07 Å². The number of benzene rings is 1. The molecule has 0 radical (unpaired) electrons. The van der Waals surface area contributed by atoms with Gasteiger partial charge < -0.3 is 19.5 Å². The molecule has 1 aliphatic carbocycles. The molecule has 2 unspecified atom stereocenters. The Kier molecular flexibility index (Phi) is 5.05. The van der Waals surface area contributed by atoms with E-state index >= 15 is 0 Å². The lowest BCUT2D eigenvalue weighted by Crippen LogP contribution is -2.21. The quantitative estimate of drug-likeness (QED) is 0.730. The van der Waals surface area contributed by atoms with Crippen LogP contribution in [0.2, 0.25) is 0 Å². The Morgan fingerprint density at radius 2 is 1.79 bits per heavy atom. The lowest BCUT2D eigenvalue weighted by Gasteiger charge is -2.08. The lowest BCUT2D eigenvalue weighted by atomic mass is 10.1. The molecule has 1 N–H and O–H groups in total. The molecule has 106 valence electrons. The SMILES string of the molecule is COCCNCC1CC1c1cc(OC)cc(OC)c1. The van der Waals surface area contributed by atoms with Crippen molar-refractivity contribution in [3.8, 4) is 11.5 Å². The molecule has 1 aromatic carbocycles. The van der Waals surface area contributed by atoms with Crippen LogP contribution in [0, 0.1) is 5.92 Å². The molecule has 19 heavy (non-hydrogen) atoms. The Bertz CT molecular complexity index is 386. The van der Waals surface area contributed by atoms with E-state index in [1.165, 1.54) is 12.0 Å². The second-order valence-corrected chi connectivity index (χ2v) is 4.95. The van der Waals surface area contributed by atoms with Gasteiger partial charge in [0.05, 0.1) is 20.8 Å². The van der Waals surface area contributed by atoms with Gasteiger partial charge >= 0.3 is 0 Å². The van der Waals surface area contributed by atoms with Crippen LogP contribution >= 0.6 is 0 Å². The van der Waals surface area contributed by atoms with Crippen molar-refractivity contribution in [3.05, 3.63) is 23.8 Å². The summed E-state index contributed by atoms with van der Waals surface area (Å²) in [4.78, 5) is 0. The zero-order valence-corrected chi connectivity index (χ0v) is 11.9. The second kappa shape index (κ2) is 6.78. The number of nitrogens with one attached hydrogen (secondary N) is 1. The molecule has 0 saturated heterocycles. The van der Waals surface area contributed by atoms with Gasteiger partial charge in [0.25, 0.3) is 0 Å². The van der Waals surface area contributed by atoms with Gasteiger partial charge in [-0.05, 0) is 42.5 Å². The van der Waals surface area contributed by atoms with Crippen molar-refractivity contribution < 1.29 is 14.2 Å². The molecular formula is C15H23NO3. The van der Waals surface area contributed by atoms with Crippen LogP contribution in [0.25, 0.3) is 0 Å². The zero-order valence-electron chi connectivity index (χ0n) is 11.9. The number of hydrogen-bond acceptors (Lipinski definition) is 4. The number of rotatable bonds is 8. The standard InChI is InChI=1S/C15H23NO3/c1-17-5-4-16-10-12-8-15(12)11-6-13(18-2)9-14(7-11)19-3/h6-7,9,12,15-16H,4-5,8,10H2,1-3H3. The van der Waals surface area contributed by atoms with E-state index in [4.69, 9.17) is 14.2 Å². The third kappa shape index (κ3) is 3.85. The molecule has 2 rings (SSSR count). The van der Waals surface area contributed by atoms with Crippen LogP contribution in [0.3, 0.4) is 0 Å². The first-order valence-electron chi connectivity index (χ1n) is 6.71. The van der Waals surface area contributed by atoms with E-state index in [9.17, 15) is 0 Å². The minimum atomic E-state index is 0.624. The van der Waals surface area contributed by atoms with Crippen molar-refractivity contribution >= 4 is 0 Å². The first-order valence-corrected chi connectivity index (χ1v) is 6.71. The molecule has 1 aromatic rings. The Hall–Kier alpha value is -1.26. The van der Waals surface area contributed by atoms with Crippen LogP contribution in [0.4, 0.5) is 0 Å². The van der Waals surface area contributed by atoms with Gasteiger partial charge in [0, 0.05) is 19.7 Å². The summed E-state index contributed by atoms with van der Waals surface area (Å²) in [5.41, 5.74) is 1.31. The maximum absolute atomic E-state index is 5.31. The Morgan fingerprint density at radius 1 is 1.11 bits per heavy atom. The van der Waals surface area contributed by atoms with Crippen LogP contribution in [0.15, 0.2) is 18.2 Å². The van der Waals surface area contributed by atoms with E-state index in [2.05, 4.69) is 17.4 Å². The van der Waals surface area contributed by atoms with Gasteiger partial charge in [-0.15, -0.1) is 0 Å². The molecule has 0 aromatic heterocycles. The smallest absolute Gasteiger partial charge is 0.122 e. The predicted molar refractivity (Wildman–Crippen MR) is 75.1 cm³/mol. The van der Waals surface area contributed by atoms with Gasteiger partial charge in [-0.1, -0.05) is 0 Å². The highest BCUT2D eigenvalue weighted by atomic mass is 16.5. The molecule has 1 fully saturated rings. The third-order valence-corrected chi connectivity index (χ3v) is 3.61. The highest BCUT2D eigenvalue weighted by Crippen LogP contribution is 2.48. The van der Waals surface area contributed by atoms with Gasteiger partial charge in [-0.3, -0.25) is 0 Å². The van der Waals surface area contributed by atoms with Crippen molar-refractivity contribution in [1.29, 1.82) is 0 Å². The fraction of sp³-hybridized carbons (Fsp3) is 0.600. The van der Waals surface area contributed by atoms with Crippen molar-refractivity contribution in [2.24, 2.45) is 5.92 Å². The summed E-state index contributed by atoms with van der Waals surface area (Å²) in [7, 11) is 5.11. The fourth-order valence-electron chi connectivity index (χ4n) is 2.39. The predicted octanol–water partition coefficient (Wildman–Crippen LogP) is 2.04. The fourth-order valence-corrected chi connectivity index (χ4v) is 2.39. The Labute approximate surface area is 115 Å². The number of hydrogen-bond donors (Lipinski definition) is 1. The molecule has 0 amide bonds. The van der Waals surface area contributed by atoms with Crippen LogP contribution in [-0.2, 0) is 4.74 Å².